The molecule has 7 heteroatoms. The van der Waals surface area contributed by atoms with Gasteiger partial charge in [-0.15, -0.1) is 11.3 Å². The summed E-state index contributed by atoms with van der Waals surface area (Å²) in [5.74, 6) is 0.248. The van der Waals surface area contributed by atoms with Gasteiger partial charge < -0.3 is 5.32 Å². The molecule has 27 heavy (non-hydrogen) atoms. The van der Waals surface area contributed by atoms with Crippen LogP contribution in [0.25, 0.3) is 21.7 Å². The largest absolute Gasteiger partial charge is 0.350 e. The maximum Gasteiger partial charge on any atom is 0.223 e. The first-order valence-electron chi connectivity index (χ1n) is 8.37. The quantitative estimate of drug-likeness (QED) is 0.545. The second kappa shape index (κ2) is 7.59. The van der Waals surface area contributed by atoms with Crippen LogP contribution in [0.3, 0.4) is 0 Å². The van der Waals surface area contributed by atoms with Gasteiger partial charge in [0.1, 0.15) is 5.82 Å². The van der Waals surface area contributed by atoms with Gasteiger partial charge in [-0.25, -0.2) is 19.3 Å². The Morgan fingerprint density at radius 2 is 1.93 bits per heavy atom. The molecule has 0 aliphatic carbocycles. The second-order valence-electron chi connectivity index (χ2n) is 5.94. The molecule has 0 fully saturated rings. The molecule has 0 radical (unpaired) electrons. The molecule has 0 atom stereocenters. The van der Waals surface area contributed by atoms with Crippen molar-refractivity contribution in [2.75, 3.05) is 5.32 Å². The number of thiazole rings is 1. The molecule has 0 saturated heterocycles. The van der Waals surface area contributed by atoms with Crippen molar-refractivity contribution in [2.24, 2.45) is 0 Å². The highest BCUT2D eigenvalue weighted by atomic mass is 32.1. The minimum atomic E-state index is -0.273. The fraction of sp³-hybridized carbons (Fsp3) is 0.100. The molecule has 0 aliphatic rings. The number of pyridine rings is 1. The van der Waals surface area contributed by atoms with Gasteiger partial charge in [-0.2, -0.15) is 0 Å². The molecule has 1 N–H and O–H groups in total. The standard InChI is InChI=1S/C20H16FN5S/c1-13-19(27-12-25-13)18-17(15-4-6-16(21)7-5-15)11-24-20(26-18)23-10-14-3-2-8-22-9-14/h2-9,11-12H,10H2,1H3,(H,23,24,26). The average Bonchev–Trinajstić information content (AvgIpc) is 3.13. The van der Waals surface area contributed by atoms with Crippen LogP contribution >= 0.6 is 11.3 Å². The number of halogens is 1. The lowest BCUT2D eigenvalue weighted by molar-refractivity contribution is 0.628. The molecule has 134 valence electrons. The molecule has 0 aliphatic heterocycles. The Kier molecular flexibility index (Phi) is 4.84. The number of rotatable bonds is 5. The van der Waals surface area contributed by atoms with Gasteiger partial charge in [-0.1, -0.05) is 18.2 Å². The lowest BCUT2D eigenvalue weighted by Crippen LogP contribution is -2.05. The van der Waals surface area contributed by atoms with E-state index in [1.165, 1.54) is 23.5 Å². The smallest absolute Gasteiger partial charge is 0.223 e. The van der Waals surface area contributed by atoms with E-state index in [1.54, 1.807) is 36.2 Å². The third-order valence-corrected chi connectivity index (χ3v) is 5.01. The number of aromatic nitrogens is 4. The average molecular weight is 377 g/mol. The molecule has 5 nitrogen and oxygen atoms in total. The predicted molar refractivity (Wildman–Crippen MR) is 105 cm³/mol. The van der Waals surface area contributed by atoms with Gasteiger partial charge >= 0.3 is 0 Å². The van der Waals surface area contributed by atoms with Crippen LogP contribution in [0.1, 0.15) is 11.3 Å². The van der Waals surface area contributed by atoms with Gasteiger partial charge in [0.05, 0.1) is 21.8 Å². The van der Waals surface area contributed by atoms with E-state index in [-0.39, 0.29) is 5.82 Å². The minimum Gasteiger partial charge on any atom is -0.350 e. The van der Waals surface area contributed by atoms with E-state index in [4.69, 9.17) is 4.98 Å². The predicted octanol–water partition coefficient (Wildman–Crippen LogP) is 4.72. The summed E-state index contributed by atoms with van der Waals surface area (Å²) in [4.78, 5) is 18.6. The fourth-order valence-electron chi connectivity index (χ4n) is 2.69. The van der Waals surface area contributed by atoms with Crippen molar-refractivity contribution in [1.29, 1.82) is 0 Å². The highest BCUT2D eigenvalue weighted by molar-refractivity contribution is 7.13. The van der Waals surface area contributed by atoms with Crippen LogP contribution in [0.4, 0.5) is 10.3 Å². The number of nitrogens with zero attached hydrogens (tertiary/aromatic N) is 4. The molecular formula is C20H16FN5S. The number of aryl methyl sites for hydroxylation is 1. The third-order valence-electron chi connectivity index (χ3n) is 4.08. The van der Waals surface area contributed by atoms with E-state index in [0.29, 0.717) is 12.5 Å². The maximum absolute atomic E-state index is 13.3. The first kappa shape index (κ1) is 17.2. The van der Waals surface area contributed by atoms with Crippen molar-refractivity contribution < 1.29 is 4.39 Å². The Balaban J connectivity index is 1.71. The van der Waals surface area contributed by atoms with Crippen LogP contribution in [0.5, 0.6) is 0 Å². The van der Waals surface area contributed by atoms with Gasteiger partial charge in [0, 0.05) is 30.7 Å². The Labute approximate surface area is 160 Å². The zero-order chi connectivity index (χ0) is 18.6. The maximum atomic E-state index is 13.3. The summed E-state index contributed by atoms with van der Waals surface area (Å²) in [6.07, 6.45) is 5.30. The van der Waals surface area contributed by atoms with Crippen LogP contribution in [-0.2, 0) is 6.54 Å². The van der Waals surface area contributed by atoms with E-state index in [2.05, 4.69) is 20.3 Å². The molecule has 0 unspecified atom stereocenters. The molecule has 1 aromatic carbocycles. The Morgan fingerprint density at radius 3 is 2.63 bits per heavy atom. The zero-order valence-electron chi connectivity index (χ0n) is 14.6. The monoisotopic (exact) mass is 377 g/mol. The lowest BCUT2D eigenvalue weighted by Gasteiger charge is -2.11. The number of hydrogen-bond donors (Lipinski definition) is 1. The van der Waals surface area contributed by atoms with E-state index >= 15 is 0 Å². The van der Waals surface area contributed by atoms with Gasteiger partial charge in [-0.3, -0.25) is 4.98 Å². The number of hydrogen-bond acceptors (Lipinski definition) is 6. The lowest BCUT2D eigenvalue weighted by atomic mass is 10.0. The molecule has 4 aromatic rings. The summed E-state index contributed by atoms with van der Waals surface area (Å²) in [6.45, 7) is 2.52. The van der Waals surface area contributed by atoms with Crippen molar-refractivity contribution in [3.8, 4) is 21.7 Å². The van der Waals surface area contributed by atoms with E-state index < -0.39 is 0 Å². The van der Waals surface area contributed by atoms with E-state index in [0.717, 1.165) is 33.0 Å². The molecule has 3 heterocycles. The van der Waals surface area contributed by atoms with Crippen LogP contribution in [0.15, 0.2) is 60.5 Å². The summed E-state index contributed by atoms with van der Waals surface area (Å²) in [5.41, 5.74) is 6.22. The highest BCUT2D eigenvalue weighted by Gasteiger charge is 2.15. The van der Waals surface area contributed by atoms with Crippen molar-refractivity contribution >= 4 is 17.3 Å². The summed E-state index contributed by atoms with van der Waals surface area (Å²) >= 11 is 1.52. The van der Waals surface area contributed by atoms with E-state index in [9.17, 15) is 4.39 Å². The first-order valence-corrected chi connectivity index (χ1v) is 9.25. The number of nitrogens with one attached hydrogen (secondary N) is 1. The fourth-order valence-corrected chi connectivity index (χ4v) is 3.50. The third kappa shape index (κ3) is 3.83. The van der Waals surface area contributed by atoms with Gasteiger partial charge in [0.2, 0.25) is 5.95 Å². The van der Waals surface area contributed by atoms with Crippen molar-refractivity contribution in [3.05, 3.63) is 77.6 Å². The number of benzene rings is 1. The molecule has 0 spiro atoms. The summed E-state index contributed by atoms with van der Waals surface area (Å²) in [7, 11) is 0. The molecule has 4 rings (SSSR count). The van der Waals surface area contributed by atoms with Crippen molar-refractivity contribution in [1.82, 2.24) is 19.9 Å². The summed E-state index contributed by atoms with van der Waals surface area (Å²) in [5, 5.41) is 3.23. The molecule has 0 saturated carbocycles. The van der Waals surface area contributed by atoms with Crippen molar-refractivity contribution in [2.45, 2.75) is 13.5 Å². The normalized spacial score (nSPS) is 10.7. The Bertz CT molecular complexity index is 1050. The van der Waals surface area contributed by atoms with Crippen molar-refractivity contribution in [3.63, 3.8) is 0 Å². The van der Waals surface area contributed by atoms with E-state index in [1.807, 2.05) is 19.1 Å². The van der Waals surface area contributed by atoms with Crippen LogP contribution in [0, 0.1) is 12.7 Å². The molecular weight excluding hydrogens is 361 g/mol. The SMILES string of the molecule is Cc1ncsc1-c1nc(NCc2cccnc2)ncc1-c1ccc(F)cc1. The molecule has 0 bridgehead atoms. The first-order chi connectivity index (χ1) is 13.2. The topological polar surface area (TPSA) is 63.6 Å². The van der Waals surface area contributed by atoms with Crippen LogP contribution < -0.4 is 5.32 Å². The zero-order valence-corrected chi connectivity index (χ0v) is 15.4. The van der Waals surface area contributed by atoms with Crippen LogP contribution in [0.2, 0.25) is 0 Å². The number of anilines is 1. The van der Waals surface area contributed by atoms with Gasteiger partial charge in [-0.05, 0) is 36.2 Å². The summed E-state index contributed by atoms with van der Waals surface area (Å²) in [6, 6.07) is 10.2. The Hall–Kier alpha value is -3.19. The summed E-state index contributed by atoms with van der Waals surface area (Å²) < 4.78 is 13.3. The minimum absolute atomic E-state index is 0.273. The van der Waals surface area contributed by atoms with Gasteiger partial charge in [0.15, 0.2) is 0 Å². The van der Waals surface area contributed by atoms with Crippen LogP contribution in [-0.4, -0.2) is 19.9 Å². The Morgan fingerprint density at radius 1 is 1.07 bits per heavy atom. The molecule has 3 aromatic heterocycles. The molecule has 0 amide bonds. The highest BCUT2D eigenvalue weighted by Crippen LogP contribution is 2.34. The van der Waals surface area contributed by atoms with Gasteiger partial charge in [0.25, 0.3) is 0 Å². The second-order valence-corrected chi connectivity index (χ2v) is 6.80.